The molecule has 0 aromatic heterocycles. The fraction of sp³-hybridized carbons (Fsp3) is 0.923. The zero-order valence-electron chi connectivity index (χ0n) is 11.6. The van der Waals surface area contributed by atoms with Gasteiger partial charge in [0.2, 0.25) is 0 Å². The third-order valence-corrected chi connectivity index (χ3v) is 3.68. The lowest BCUT2D eigenvalue weighted by atomic mass is 9.74. The topological polar surface area (TPSA) is 64.8 Å². The molecule has 0 aliphatic carbocycles. The summed E-state index contributed by atoms with van der Waals surface area (Å²) in [5.41, 5.74) is 5.39. The maximum absolute atomic E-state index is 11.9. The van der Waals surface area contributed by atoms with E-state index < -0.39 is 5.60 Å². The summed E-state index contributed by atoms with van der Waals surface area (Å²) < 4.78 is 11.1. The van der Waals surface area contributed by atoms with Crippen LogP contribution in [0.3, 0.4) is 0 Å². The molecule has 0 spiro atoms. The molecule has 0 aromatic rings. The summed E-state index contributed by atoms with van der Waals surface area (Å²) in [4.78, 5) is 13.6. The number of nitrogens with zero attached hydrogens (tertiary/aromatic N) is 1. The minimum Gasteiger partial charge on any atom is -0.444 e. The van der Waals surface area contributed by atoms with Gasteiger partial charge in [0, 0.05) is 31.7 Å². The van der Waals surface area contributed by atoms with E-state index in [1.54, 1.807) is 4.90 Å². The van der Waals surface area contributed by atoms with Crippen LogP contribution < -0.4 is 5.73 Å². The molecule has 18 heavy (non-hydrogen) atoms. The molecule has 1 amide bonds. The van der Waals surface area contributed by atoms with Crippen LogP contribution in [0.25, 0.3) is 0 Å². The number of carbonyl (C=O) groups excluding carboxylic acids is 1. The maximum Gasteiger partial charge on any atom is 0.410 e. The summed E-state index contributed by atoms with van der Waals surface area (Å²) in [5.74, 6) is 0. The van der Waals surface area contributed by atoms with E-state index in [-0.39, 0.29) is 17.6 Å². The normalized spacial score (nSPS) is 26.9. The van der Waals surface area contributed by atoms with Crippen molar-refractivity contribution in [1.82, 2.24) is 4.90 Å². The summed E-state index contributed by atoms with van der Waals surface area (Å²) in [5, 5.41) is 0. The van der Waals surface area contributed by atoms with E-state index in [4.69, 9.17) is 15.2 Å². The Labute approximate surface area is 109 Å². The molecular weight excluding hydrogens is 232 g/mol. The van der Waals surface area contributed by atoms with Gasteiger partial charge in [-0.3, -0.25) is 0 Å². The lowest BCUT2D eigenvalue weighted by molar-refractivity contribution is -0.0951. The fourth-order valence-electron chi connectivity index (χ4n) is 2.69. The van der Waals surface area contributed by atoms with Crippen molar-refractivity contribution in [2.45, 2.75) is 45.3 Å². The van der Waals surface area contributed by atoms with Gasteiger partial charge in [0.05, 0.1) is 6.10 Å². The highest BCUT2D eigenvalue weighted by molar-refractivity contribution is 5.69. The fourth-order valence-corrected chi connectivity index (χ4v) is 2.69. The van der Waals surface area contributed by atoms with Crippen molar-refractivity contribution in [2.75, 3.05) is 26.2 Å². The number of hydrogen-bond donors (Lipinski definition) is 1. The summed E-state index contributed by atoms with van der Waals surface area (Å²) in [6, 6.07) is 0. The Hall–Kier alpha value is -0.810. The van der Waals surface area contributed by atoms with Gasteiger partial charge in [0.1, 0.15) is 5.60 Å². The summed E-state index contributed by atoms with van der Waals surface area (Å²) in [6.07, 6.45) is 2.11. The van der Waals surface area contributed by atoms with Crippen molar-refractivity contribution in [3.05, 3.63) is 0 Å². The van der Waals surface area contributed by atoms with Gasteiger partial charge >= 0.3 is 6.09 Å². The number of rotatable bonds is 2. The van der Waals surface area contributed by atoms with Crippen LogP contribution in [-0.2, 0) is 9.47 Å². The smallest absolute Gasteiger partial charge is 0.410 e. The van der Waals surface area contributed by atoms with Gasteiger partial charge in [-0.15, -0.1) is 0 Å². The molecule has 1 unspecified atom stereocenters. The monoisotopic (exact) mass is 256 g/mol. The predicted octanol–water partition coefficient (Wildman–Crippen LogP) is 1.36. The highest BCUT2D eigenvalue weighted by atomic mass is 16.6. The van der Waals surface area contributed by atoms with E-state index in [1.807, 2.05) is 20.8 Å². The molecular formula is C13H24N2O3. The lowest BCUT2D eigenvalue weighted by Gasteiger charge is -2.52. The van der Waals surface area contributed by atoms with Gasteiger partial charge in [-0.2, -0.15) is 0 Å². The van der Waals surface area contributed by atoms with Crippen molar-refractivity contribution >= 4 is 6.09 Å². The molecule has 0 saturated carbocycles. The zero-order valence-corrected chi connectivity index (χ0v) is 11.6. The van der Waals surface area contributed by atoms with Gasteiger partial charge in [-0.1, -0.05) is 0 Å². The van der Waals surface area contributed by atoms with E-state index in [0.29, 0.717) is 19.6 Å². The molecule has 2 N–H and O–H groups in total. The molecule has 0 radical (unpaired) electrons. The predicted molar refractivity (Wildman–Crippen MR) is 68.3 cm³/mol. The van der Waals surface area contributed by atoms with Crippen molar-refractivity contribution < 1.29 is 14.3 Å². The van der Waals surface area contributed by atoms with Crippen LogP contribution in [0.1, 0.15) is 33.6 Å². The SMILES string of the molecule is CC(C)(C)OC(=O)N1CC(CN)(C2CCCO2)C1. The quantitative estimate of drug-likeness (QED) is 0.810. The number of nitrogens with two attached hydrogens (primary N) is 1. The molecule has 2 heterocycles. The van der Waals surface area contributed by atoms with Crippen LogP contribution in [0.2, 0.25) is 0 Å². The molecule has 1 atom stereocenters. The largest absolute Gasteiger partial charge is 0.444 e. The summed E-state index contributed by atoms with van der Waals surface area (Å²) in [7, 11) is 0. The Kier molecular flexibility index (Phi) is 3.56. The molecule has 2 aliphatic heterocycles. The van der Waals surface area contributed by atoms with Crippen molar-refractivity contribution in [3.8, 4) is 0 Å². The van der Waals surface area contributed by atoms with Gasteiger partial charge in [0.25, 0.3) is 0 Å². The minimum absolute atomic E-state index is 0.0482. The number of carbonyl (C=O) groups is 1. The van der Waals surface area contributed by atoms with Crippen molar-refractivity contribution in [1.29, 1.82) is 0 Å². The molecule has 0 aromatic carbocycles. The first kappa shape index (κ1) is 13.6. The van der Waals surface area contributed by atoms with Crippen LogP contribution in [0.15, 0.2) is 0 Å². The molecule has 2 saturated heterocycles. The Morgan fingerprint density at radius 1 is 1.50 bits per heavy atom. The molecule has 2 aliphatic rings. The standard InChI is InChI=1S/C13H24N2O3/c1-12(2,3)18-11(16)15-8-13(7-14,9-15)10-5-4-6-17-10/h10H,4-9,14H2,1-3H3. The number of likely N-dealkylation sites (tertiary alicyclic amines) is 1. The third kappa shape index (κ3) is 2.62. The molecule has 2 fully saturated rings. The zero-order chi connectivity index (χ0) is 13.4. The molecule has 104 valence electrons. The van der Waals surface area contributed by atoms with Crippen LogP contribution >= 0.6 is 0 Å². The van der Waals surface area contributed by atoms with Crippen LogP contribution in [-0.4, -0.2) is 48.9 Å². The first-order valence-electron chi connectivity index (χ1n) is 6.66. The van der Waals surface area contributed by atoms with Gasteiger partial charge in [0.15, 0.2) is 0 Å². The Bertz CT molecular complexity index is 313. The Morgan fingerprint density at radius 2 is 2.17 bits per heavy atom. The van der Waals surface area contributed by atoms with Crippen molar-refractivity contribution in [2.24, 2.45) is 11.1 Å². The third-order valence-electron chi connectivity index (χ3n) is 3.68. The molecule has 0 bridgehead atoms. The highest BCUT2D eigenvalue weighted by Crippen LogP contribution is 2.39. The van der Waals surface area contributed by atoms with E-state index >= 15 is 0 Å². The van der Waals surface area contributed by atoms with Gasteiger partial charge in [-0.25, -0.2) is 4.79 Å². The molecule has 5 heteroatoms. The van der Waals surface area contributed by atoms with E-state index in [9.17, 15) is 4.79 Å². The average Bonchev–Trinajstić information content (AvgIpc) is 2.67. The second-order valence-electron chi connectivity index (χ2n) is 6.40. The Balaban J connectivity index is 1.89. The van der Waals surface area contributed by atoms with Crippen LogP contribution in [0, 0.1) is 5.41 Å². The van der Waals surface area contributed by atoms with Gasteiger partial charge in [-0.05, 0) is 33.6 Å². The first-order chi connectivity index (χ1) is 8.36. The Morgan fingerprint density at radius 3 is 2.61 bits per heavy atom. The highest BCUT2D eigenvalue weighted by Gasteiger charge is 2.51. The molecule has 2 rings (SSSR count). The van der Waals surface area contributed by atoms with Crippen LogP contribution in [0.4, 0.5) is 4.79 Å². The second-order valence-corrected chi connectivity index (χ2v) is 6.40. The minimum atomic E-state index is -0.443. The van der Waals surface area contributed by atoms with E-state index in [0.717, 1.165) is 19.4 Å². The molecule has 5 nitrogen and oxygen atoms in total. The summed E-state index contributed by atoms with van der Waals surface area (Å²) >= 11 is 0. The summed E-state index contributed by atoms with van der Waals surface area (Å²) in [6.45, 7) is 8.32. The lowest BCUT2D eigenvalue weighted by Crippen LogP contribution is -2.66. The second kappa shape index (κ2) is 4.70. The number of amides is 1. The van der Waals surface area contributed by atoms with E-state index in [2.05, 4.69) is 0 Å². The van der Waals surface area contributed by atoms with E-state index in [1.165, 1.54) is 0 Å². The van der Waals surface area contributed by atoms with Crippen LogP contribution in [0.5, 0.6) is 0 Å². The first-order valence-corrected chi connectivity index (χ1v) is 6.66. The van der Waals surface area contributed by atoms with Crippen molar-refractivity contribution in [3.63, 3.8) is 0 Å². The number of ether oxygens (including phenoxy) is 2. The maximum atomic E-state index is 11.9. The number of hydrogen-bond acceptors (Lipinski definition) is 4. The average molecular weight is 256 g/mol. The van der Waals surface area contributed by atoms with Gasteiger partial charge < -0.3 is 20.1 Å².